The molecule has 0 aliphatic carbocycles. The van der Waals surface area contributed by atoms with Gasteiger partial charge in [0.25, 0.3) is 5.91 Å². The number of carbonyl (C=O) groups excluding carboxylic acids is 2. The van der Waals surface area contributed by atoms with Crippen molar-refractivity contribution in [3.8, 4) is 11.3 Å². The lowest BCUT2D eigenvalue weighted by atomic mass is 10.1. The molecule has 7 nitrogen and oxygen atoms in total. The maximum absolute atomic E-state index is 12.6. The van der Waals surface area contributed by atoms with E-state index in [-0.39, 0.29) is 27.1 Å². The van der Waals surface area contributed by atoms with Crippen LogP contribution in [-0.4, -0.2) is 38.1 Å². The summed E-state index contributed by atoms with van der Waals surface area (Å²) in [6.45, 7) is 1.92. The third-order valence-corrected chi connectivity index (χ3v) is 5.94. The molecule has 0 aliphatic rings. The van der Waals surface area contributed by atoms with Gasteiger partial charge in [-0.2, -0.15) is 0 Å². The summed E-state index contributed by atoms with van der Waals surface area (Å²) >= 11 is 0.999. The molecule has 1 amide bonds. The van der Waals surface area contributed by atoms with Gasteiger partial charge in [-0.15, -0.1) is 0 Å². The molecule has 3 rings (SSSR count). The molecule has 150 valence electrons. The molecule has 1 heterocycles. The highest BCUT2D eigenvalue weighted by atomic mass is 32.2. The molecule has 0 spiro atoms. The van der Waals surface area contributed by atoms with Gasteiger partial charge in [0.2, 0.25) is 0 Å². The van der Waals surface area contributed by atoms with E-state index in [9.17, 15) is 18.0 Å². The number of carbonyl (C=O) groups is 2. The highest BCUT2D eigenvalue weighted by Crippen LogP contribution is 2.32. The van der Waals surface area contributed by atoms with Crippen LogP contribution in [0.3, 0.4) is 0 Å². The number of nitrogens with one attached hydrogen (secondary N) is 1. The number of amides is 1. The summed E-state index contributed by atoms with van der Waals surface area (Å²) in [6.07, 6.45) is 1.07. The Bertz CT molecular complexity index is 1150. The maximum atomic E-state index is 12.6. The van der Waals surface area contributed by atoms with Crippen LogP contribution in [0.1, 0.15) is 27.0 Å². The monoisotopic (exact) mass is 430 g/mol. The van der Waals surface area contributed by atoms with E-state index in [2.05, 4.69) is 10.3 Å². The van der Waals surface area contributed by atoms with E-state index in [0.29, 0.717) is 11.3 Å². The van der Waals surface area contributed by atoms with Gasteiger partial charge in [0.1, 0.15) is 4.88 Å². The van der Waals surface area contributed by atoms with Crippen LogP contribution in [0, 0.1) is 0 Å². The zero-order valence-electron chi connectivity index (χ0n) is 15.7. The lowest BCUT2D eigenvalue weighted by Crippen LogP contribution is -2.12. The average molecular weight is 431 g/mol. The lowest BCUT2D eigenvalue weighted by molar-refractivity contribution is 0.0532. The molecule has 1 aromatic heterocycles. The Morgan fingerprint density at radius 3 is 2.48 bits per heavy atom. The topological polar surface area (TPSA) is 102 Å². The van der Waals surface area contributed by atoms with E-state index >= 15 is 0 Å². The molecule has 9 heteroatoms. The first-order valence-corrected chi connectivity index (χ1v) is 11.3. The highest BCUT2D eigenvalue weighted by Gasteiger charge is 2.22. The molecular formula is C20H18N2O5S2. The van der Waals surface area contributed by atoms with Crippen LogP contribution >= 0.6 is 11.3 Å². The van der Waals surface area contributed by atoms with Crippen molar-refractivity contribution in [1.82, 2.24) is 4.98 Å². The molecule has 0 atom stereocenters. The largest absolute Gasteiger partial charge is 0.462 e. The number of thiazole rings is 1. The van der Waals surface area contributed by atoms with E-state index in [0.717, 1.165) is 17.6 Å². The summed E-state index contributed by atoms with van der Waals surface area (Å²) in [4.78, 5) is 29.6. The summed E-state index contributed by atoms with van der Waals surface area (Å²) < 4.78 is 28.5. The fourth-order valence-electron chi connectivity index (χ4n) is 2.54. The first-order chi connectivity index (χ1) is 13.8. The van der Waals surface area contributed by atoms with Crippen LogP contribution in [0.25, 0.3) is 11.3 Å². The summed E-state index contributed by atoms with van der Waals surface area (Å²) in [5.74, 6) is -1.05. The molecule has 0 saturated carbocycles. The molecule has 0 fully saturated rings. The van der Waals surface area contributed by atoms with Crippen LogP contribution in [0.5, 0.6) is 0 Å². The average Bonchev–Trinajstić information content (AvgIpc) is 3.12. The second-order valence-corrected chi connectivity index (χ2v) is 9.05. The van der Waals surface area contributed by atoms with Crippen molar-refractivity contribution in [1.29, 1.82) is 0 Å². The predicted octanol–water partition coefficient (Wildman–Crippen LogP) is 3.64. The smallest absolute Gasteiger partial charge is 0.350 e. The number of esters is 1. The van der Waals surface area contributed by atoms with E-state index in [1.807, 2.05) is 18.2 Å². The van der Waals surface area contributed by atoms with Gasteiger partial charge >= 0.3 is 5.97 Å². The summed E-state index contributed by atoms with van der Waals surface area (Å²) in [5, 5.41) is 2.84. The van der Waals surface area contributed by atoms with Gasteiger partial charge in [-0.25, -0.2) is 18.2 Å². The third-order valence-electron chi connectivity index (χ3n) is 3.88. The summed E-state index contributed by atoms with van der Waals surface area (Å²) in [6, 6.07) is 14.8. The predicted molar refractivity (Wildman–Crippen MR) is 111 cm³/mol. The molecule has 0 bridgehead atoms. The molecule has 0 unspecified atom stereocenters. The number of hydrogen-bond acceptors (Lipinski definition) is 7. The van der Waals surface area contributed by atoms with Crippen molar-refractivity contribution in [2.75, 3.05) is 18.2 Å². The van der Waals surface area contributed by atoms with E-state index < -0.39 is 21.7 Å². The second-order valence-electron chi connectivity index (χ2n) is 6.04. The Labute approximate surface area is 172 Å². The minimum absolute atomic E-state index is 0.0430. The fourth-order valence-corrected chi connectivity index (χ4v) is 4.08. The highest BCUT2D eigenvalue weighted by molar-refractivity contribution is 7.90. The zero-order valence-corrected chi connectivity index (χ0v) is 17.3. The van der Waals surface area contributed by atoms with Crippen LogP contribution in [0.15, 0.2) is 59.5 Å². The van der Waals surface area contributed by atoms with Gasteiger partial charge in [-0.1, -0.05) is 47.7 Å². The van der Waals surface area contributed by atoms with Crippen molar-refractivity contribution in [2.45, 2.75) is 11.8 Å². The Balaban J connectivity index is 1.94. The number of ether oxygens (including phenoxy) is 1. The Kier molecular flexibility index (Phi) is 6.09. The Hall–Kier alpha value is -3.04. The quantitative estimate of drug-likeness (QED) is 0.599. The number of hydrogen-bond donors (Lipinski definition) is 1. The summed E-state index contributed by atoms with van der Waals surface area (Å²) in [7, 11) is -3.44. The number of benzene rings is 2. The molecule has 0 saturated heterocycles. The summed E-state index contributed by atoms with van der Waals surface area (Å²) in [5.41, 5.74) is 1.29. The molecule has 2 aromatic carbocycles. The number of rotatable bonds is 6. The van der Waals surface area contributed by atoms with Crippen molar-refractivity contribution in [3.63, 3.8) is 0 Å². The van der Waals surface area contributed by atoms with Crippen molar-refractivity contribution >= 4 is 38.2 Å². The first-order valence-electron chi connectivity index (χ1n) is 8.64. The first kappa shape index (κ1) is 20.7. The van der Waals surface area contributed by atoms with Gasteiger partial charge in [0.05, 0.1) is 17.2 Å². The number of anilines is 1. The van der Waals surface area contributed by atoms with Gasteiger partial charge < -0.3 is 4.74 Å². The lowest BCUT2D eigenvalue weighted by Gasteiger charge is -2.04. The van der Waals surface area contributed by atoms with E-state index in [1.165, 1.54) is 24.3 Å². The minimum atomic E-state index is -3.44. The Morgan fingerprint density at radius 2 is 1.83 bits per heavy atom. The third kappa shape index (κ3) is 4.87. The molecule has 3 aromatic rings. The van der Waals surface area contributed by atoms with Crippen LogP contribution < -0.4 is 5.32 Å². The van der Waals surface area contributed by atoms with Gasteiger partial charge in [-0.3, -0.25) is 10.1 Å². The number of nitrogens with zero attached hydrogens (tertiary/aromatic N) is 1. The Morgan fingerprint density at radius 1 is 1.10 bits per heavy atom. The SMILES string of the molecule is CCOC(=O)c1sc(NC(=O)c2cccc(S(C)(=O)=O)c2)nc1-c1ccccc1. The van der Waals surface area contributed by atoms with Crippen LogP contribution in [0.4, 0.5) is 5.13 Å². The van der Waals surface area contributed by atoms with Crippen molar-refractivity contribution in [2.24, 2.45) is 0 Å². The maximum Gasteiger partial charge on any atom is 0.350 e. The van der Waals surface area contributed by atoms with Crippen LogP contribution in [0.2, 0.25) is 0 Å². The van der Waals surface area contributed by atoms with Crippen molar-refractivity contribution < 1.29 is 22.7 Å². The molecule has 0 aliphatic heterocycles. The standard InChI is InChI=1S/C20H18N2O5S2/c1-3-27-19(24)17-16(13-8-5-4-6-9-13)21-20(28-17)22-18(23)14-10-7-11-15(12-14)29(2,25)26/h4-12H,3H2,1-2H3,(H,21,22,23). The van der Waals surface area contributed by atoms with E-state index in [1.54, 1.807) is 19.1 Å². The zero-order chi connectivity index (χ0) is 21.0. The number of aromatic nitrogens is 1. The fraction of sp³-hybridized carbons (Fsp3) is 0.150. The van der Waals surface area contributed by atoms with E-state index in [4.69, 9.17) is 4.74 Å². The van der Waals surface area contributed by atoms with Gasteiger partial charge in [0, 0.05) is 17.4 Å². The van der Waals surface area contributed by atoms with Gasteiger partial charge in [-0.05, 0) is 25.1 Å². The molecule has 0 radical (unpaired) electrons. The molecular weight excluding hydrogens is 412 g/mol. The minimum Gasteiger partial charge on any atom is -0.462 e. The normalized spacial score (nSPS) is 11.1. The second kappa shape index (κ2) is 8.54. The van der Waals surface area contributed by atoms with Gasteiger partial charge in [0.15, 0.2) is 15.0 Å². The molecule has 29 heavy (non-hydrogen) atoms. The number of sulfone groups is 1. The van der Waals surface area contributed by atoms with Crippen molar-refractivity contribution in [3.05, 3.63) is 65.0 Å². The van der Waals surface area contributed by atoms with Crippen LogP contribution in [-0.2, 0) is 14.6 Å². The molecule has 1 N–H and O–H groups in total.